The van der Waals surface area contributed by atoms with Gasteiger partial charge in [-0.05, 0) is 49.9 Å². The van der Waals surface area contributed by atoms with E-state index in [0.717, 1.165) is 6.07 Å². The second-order valence-electron chi connectivity index (χ2n) is 11.0. The minimum Gasteiger partial charge on any atom is -0.367 e. The lowest BCUT2D eigenvalue weighted by Gasteiger charge is -2.37. The van der Waals surface area contributed by atoms with E-state index in [9.17, 15) is 31.7 Å². The number of hydrogen-bond acceptors (Lipinski definition) is 6. The van der Waals surface area contributed by atoms with Crippen LogP contribution in [0.1, 0.15) is 48.0 Å². The third kappa shape index (κ3) is 10.1. The maximum absolute atomic E-state index is 15.0. The quantitative estimate of drug-likeness (QED) is 0.198. The number of nitrogens with one attached hydrogen (secondary N) is 2. The van der Waals surface area contributed by atoms with E-state index < -0.39 is 61.5 Å². The van der Waals surface area contributed by atoms with Gasteiger partial charge in [-0.15, -0.1) is 0 Å². The van der Waals surface area contributed by atoms with Gasteiger partial charge in [-0.3, -0.25) is 19.0 Å². The van der Waals surface area contributed by atoms with Crippen LogP contribution in [-0.4, -0.2) is 71.5 Å². The number of piperazine rings is 1. The van der Waals surface area contributed by atoms with Crippen LogP contribution in [-0.2, 0) is 20.4 Å². The van der Waals surface area contributed by atoms with Gasteiger partial charge in [0.25, 0.3) is 5.91 Å². The third-order valence-electron chi connectivity index (χ3n) is 7.82. The molecule has 248 valence electrons. The molecule has 0 spiro atoms. The second-order valence-corrected chi connectivity index (χ2v) is 12.6. The Labute approximate surface area is 261 Å². The molecule has 4 rings (SSSR count). The van der Waals surface area contributed by atoms with Crippen molar-refractivity contribution in [2.75, 3.05) is 42.9 Å². The first-order chi connectivity index (χ1) is 21.1. The number of phosphoric ester groups is 1. The van der Waals surface area contributed by atoms with E-state index in [-0.39, 0.29) is 37.2 Å². The van der Waals surface area contributed by atoms with Crippen molar-refractivity contribution in [2.24, 2.45) is 5.92 Å². The number of rotatable bonds is 10. The predicted molar refractivity (Wildman–Crippen MR) is 156 cm³/mol. The molecule has 0 unspecified atom stereocenters. The van der Waals surface area contributed by atoms with Gasteiger partial charge in [-0.25, -0.2) is 13.3 Å². The summed E-state index contributed by atoms with van der Waals surface area (Å²) in [7, 11) is -4.64. The normalized spacial score (nSPS) is 19.8. The summed E-state index contributed by atoms with van der Waals surface area (Å²) in [6, 6.07) is 6.84. The van der Waals surface area contributed by atoms with Crippen molar-refractivity contribution in [2.45, 2.75) is 50.9 Å². The van der Waals surface area contributed by atoms with Gasteiger partial charge in [0, 0.05) is 55.8 Å². The fourth-order valence-corrected chi connectivity index (χ4v) is 6.18. The zero-order chi connectivity index (χ0) is 32.9. The number of halogens is 6. The molecule has 1 saturated carbocycles. The number of anilines is 2. The Balaban J connectivity index is 1.35. The lowest BCUT2D eigenvalue weighted by molar-refractivity contribution is -0.138. The van der Waals surface area contributed by atoms with E-state index in [1.54, 1.807) is 11.0 Å². The van der Waals surface area contributed by atoms with Crippen LogP contribution in [0.2, 0.25) is 5.02 Å². The van der Waals surface area contributed by atoms with Crippen molar-refractivity contribution in [1.29, 1.82) is 0 Å². The Hall–Kier alpha value is -2.81. The lowest BCUT2D eigenvalue weighted by atomic mass is 9.87. The highest BCUT2D eigenvalue weighted by Crippen LogP contribution is 2.41. The number of benzene rings is 2. The summed E-state index contributed by atoms with van der Waals surface area (Å²) < 4.78 is 83.5. The molecule has 1 aliphatic heterocycles. The van der Waals surface area contributed by atoms with Gasteiger partial charge < -0.3 is 25.3 Å². The molecule has 2 fully saturated rings. The van der Waals surface area contributed by atoms with Crippen molar-refractivity contribution in [3.8, 4) is 0 Å². The molecule has 1 aliphatic carbocycles. The highest BCUT2D eigenvalue weighted by Gasteiger charge is 2.31. The molecule has 10 nitrogen and oxygen atoms in total. The number of alkyl halides is 3. The van der Waals surface area contributed by atoms with Gasteiger partial charge in [-0.2, -0.15) is 13.2 Å². The van der Waals surface area contributed by atoms with Crippen LogP contribution in [0.3, 0.4) is 0 Å². The molecule has 2 aliphatic rings. The average Bonchev–Trinajstić information content (AvgIpc) is 2.97. The van der Waals surface area contributed by atoms with Crippen LogP contribution in [0.25, 0.3) is 0 Å². The summed E-state index contributed by atoms with van der Waals surface area (Å²) in [5.74, 6) is -4.58. The van der Waals surface area contributed by atoms with Crippen molar-refractivity contribution in [3.05, 3.63) is 58.1 Å². The van der Waals surface area contributed by atoms with Crippen LogP contribution >= 0.6 is 19.4 Å². The predicted octanol–water partition coefficient (Wildman–Crippen LogP) is 5.23. The Morgan fingerprint density at radius 1 is 1.00 bits per heavy atom. The number of hydrogen-bond donors (Lipinski definition) is 4. The zero-order valence-corrected chi connectivity index (χ0v) is 25.6. The van der Waals surface area contributed by atoms with E-state index in [1.807, 2.05) is 4.90 Å². The molecule has 2 amide bonds. The van der Waals surface area contributed by atoms with E-state index in [0.29, 0.717) is 49.7 Å². The summed E-state index contributed by atoms with van der Waals surface area (Å²) in [5.41, 5.74) is -0.0330. The van der Waals surface area contributed by atoms with Crippen LogP contribution in [0.15, 0.2) is 30.3 Å². The number of carbonyl (C=O) groups excluding carboxylic acids is 2. The van der Waals surface area contributed by atoms with Crippen molar-refractivity contribution >= 4 is 42.6 Å². The van der Waals surface area contributed by atoms with Gasteiger partial charge in [-0.1, -0.05) is 17.7 Å². The van der Waals surface area contributed by atoms with Crippen molar-refractivity contribution in [1.82, 2.24) is 10.2 Å². The molecule has 0 aromatic heterocycles. The zero-order valence-electron chi connectivity index (χ0n) is 24.0. The molecule has 0 bridgehead atoms. The Morgan fingerprint density at radius 3 is 2.29 bits per heavy atom. The topological polar surface area (TPSA) is 131 Å². The maximum Gasteiger partial charge on any atom is 0.469 e. The van der Waals surface area contributed by atoms with Crippen LogP contribution in [0, 0.1) is 17.6 Å². The third-order valence-corrected chi connectivity index (χ3v) is 8.63. The smallest absolute Gasteiger partial charge is 0.367 e. The number of amides is 2. The fourth-order valence-electron chi connectivity index (χ4n) is 5.41. The van der Waals surface area contributed by atoms with Gasteiger partial charge >= 0.3 is 14.0 Å². The molecule has 0 atom stereocenters. The summed E-state index contributed by atoms with van der Waals surface area (Å²) in [4.78, 5) is 47.0. The highest BCUT2D eigenvalue weighted by atomic mass is 35.5. The van der Waals surface area contributed by atoms with E-state index >= 15 is 4.39 Å². The number of nitrogens with zero attached hydrogens (tertiary/aromatic N) is 2. The van der Waals surface area contributed by atoms with Gasteiger partial charge in [0.1, 0.15) is 0 Å². The maximum atomic E-state index is 15.0. The van der Waals surface area contributed by atoms with Crippen LogP contribution in [0.4, 0.5) is 33.3 Å². The summed E-state index contributed by atoms with van der Waals surface area (Å²) in [6.45, 7) is 0.929. The van der Waals surface area contributed by atoms with Crippen LogP contribution < -0.4 is 15.5 Å². The molecule has 17 heteroatoms. The molecule has 2 aromatic rings. The second kappa shape index (κ2) is 14.7. The van der Waals surface area contributed by atoms with Gasteiger partial charge in [0.05, 0.1) is 29.5 Å². The Bertz CT molecular complexity index is 1430. The minimum atomic E-state index is -4.64. The van der Waals surface area contributed by atoms with E-state index in [4.69, 9.17) is 21.4 Å². The minimum absolute atomic E-state index is 0.126. The first-order valence-corrected chi connectivity index (χ1v) is 16.1. The lowest BCUT2D eigenvalue weighted by Crippen LogP contribution is -2.47. The first-order valence-electron chi connectivity index (χ1n) is 14.2. The van der Waals surface area contributed by atoms with Gasteiger partial charge in [0.15, 0.2) is 11.6 Å². The molecular weight excluding hydrogens is 650 g/mol. The average molecular weight is 683 g/mol. The largest absolute Gasteiger partial charge is 0.469 e. The Morgan fingerprint density at radius 2 is 1.67 bits per heavy atom. The van der Waals surface area contributed by atoms with Crippen molar-refractivity contribution in [3.63, 3.8) is 0 Å². The molecular formula is C28H33ClF5N4O6P. The van der Waals surface area contributed by atoms with E-state index in [1.165, 1.54) is 18.2 Å². The molecule has 0 radical (unpaired) electrons. The fraction of sp³-hybridized carbons (Fsp3) is 0.500. The highest BCUT2D eigenvalue weighted by molar-refractivity contribution is 7.46. The van der Waals surface area contributed by atoms with E-state index in [2.05, 4.69) is 15.2 Å². The molecule has 45 heavy (non-hydrogen) atoms. The first kappa shape index (κ1) is 35.1. The standard InChI is InChI=1S/C28H33ClF5N4O6P/c29-19-4-8-22(23(15-19)38-13-11-37(12-14-38)10-9-28(32,33)34)36-27(40)21-7-3-18(24(30)25(21)31)16-35-26(39)17-1-5-20(6-2-17)44-45(41,42)43/h3-4,7-8,15,17,20H,1-2,5-6,9-14,16H2,(H,35,39)(H,36,40)(H2,41,42,43). The SMILES string of the molecule is O=C(Nc1ccc(Cl)cc1N1CCN(CCC(F)(F)F)CC1)c1ccc(CNC(=O)C2CCC(OP(=O)(O)O)CC2)c(F)c1F. The number of phosphoric acid groups is 1. The van der Waals surface area contributed by atoms with Gasteiger partial charge in [0.2, 0.25) is 5.91 Å². The molecule has 4 N–H and O–H groups in total. The van der Waals surface area contributed by atoms with Crippen LogP contribution in [0.5, 0.6) is 0 Å². The molecule has 1 saturated heterocycles. The summed E-state index contributed by atoms with van der Waals surface area (Å²) >= 11 is 6.16. The van der Waals surface area contributed by atoms with Crippen molar-refractivity contribution < 1.29 is 50.4 Å². The Kier molecular flexibility index (Phi) is 11.5. The monoisotopic (exact) mass is 682 g/mol. The summed E-state index contributed by atoms with van der Waals surface area (Å²) in [5, 5.41) is 5.45. The summed E-state index contributed by atoms with van der Waals surface area (Å²) in [6.07, 6.45) is -4.74. The molecule has 2 aromatic carbocycles. The number of carbonyl (C=O) groups is 2. The molecule has 1 heterocycles.